The molecule has 17 heavy (non-hydrogen) atoms. The van der Waals surface area contributed by atoms with Crippen molar-refractivity contribution in [2.24, 2.45) is 7.05 Å². The SMILES string of the molecule is Cc1ccccc1NCCc1nc(N)n(C)n1. The molecule has 0 spiro atoms. The number of nitrogens with two attached hydrogens (primary N) is 1. The second-order valence-electron chi connectivity index (χ2n) is 4.00. The number of aryl methyl sites for hydroxylation is 2. The molecule has 0 atom stereocenters. The van der Waals surface area contributed by atoms with Crippen molar-refractivity contribution in [3.8, 4) is 0 Å². The van der Waals surface area contributed by atoms with E-state index in [1.165, 1.54) is 5.56 Å². The molecular weight excluding hydrogens is 214 g/mol. The zero-order valence-electron chi connectivity index (χ0n) is 10.1. The summed E-state index contributed by atoms with van der Waals surface area (Å²) in [6, 6.07) is 8.20. The van der Waals surface area contributed by atoms with Crippen molar-refractivity contribution in [1.82, 2.24) is 14.8 Å². The first-order chi connectivity index (χ1) is 8.16. The van der Waals surface area contributed by atoms with Gasteiger partial charge in [-0.25, -0.2) is 4.68 Å². The van der Waals surface area contributed by atoms with Crippen LogP contribution in [0.3, 0.4) is 0 Å². The zero-order valence-corrected chi connectivity index (χ0v) is 10.1. The summed E-state index contributed by atoms with van der Waals surface area (Å²) >= 11 is 0. The summed E-state index contributed by atoms with van der Waals surface area (Å²) in [6.07, 6.45) is 0.763. The lowest BCUT2D eigenvalue weighted by Gasteiger charge is -2.07. The van der Waals surface area contributed by atoms with E-state index >= 15 is 0 Å². The Morgan fingerprint density at radius 2 is 2.12 bits per heavy atom. The Kier molecular flexibility index (Phi) is 3.27. The van der Waals surface area contributed by atoms with Crippen LogP contribution in [0.4, 0.5) is 11.6 Å². The van der Waals surface area contributed by atoms with E-state index in [-0.39, 0.29) is 0 Å². The molecule has 3 N–H and O–H groups in total. The minimum absolute atomic E-state index is 0.455. The second kappa shape index (κ2) is 4.86. The first-order valence-electron chi connectivity index (χ1n) is 5.61. The van der Waals surface area contributed by atoms with Crippen LogP contribution in [-0.2, 0) is 13.5 Å². The predicted molar refractivity (Wildman–Crippen MR) is 68.8 cm³/mol. The fourth-order valence-corrected chi connectivity index (χ4v) is 1.64. The molecule has 0 fully saturated rings. The van der Waals surface area contributed by atoms with Gasteiger partial charge in [-0.1, -0.05) is 18.2 Å². The van der Waals surface area contributed by atoms with Gasteiger partial charge < -0.3 is 11.1 Å². The summed E-state index contributed by atoms with van der Waals surface area (Å²) < 4.78 is 1.59. The predicted octanol–water partition coefficient (Wildman–Crippen LogP) is 1.36. The van der Waals surface area contributed by atoms with Gasteiger partial charge in [-0.2, -0.15) is 10.1 Å². The lowest BCUT2D eigenvalue weighted by atomic mass is 10.2. The van der Waals surface area contributed by atoms with Gasteiger partial charge in [-0.05, 0) is 18.6 Å². The molecule has 1 aromatic carbocycles. The minimum Gasteiger partial charge on any atom is -0.384 e. The van der Waals surface area contributed by atoms with E-state index in [1.807, 2.05) is 12.1 Å². The highest BCUT2D eigenvalue weighted by Gasteiger charge is 2.03. The van der Waals surface area contributed by atoms with Gasteiger partial charge in [0.25, 0.3) is 0 Å². The smallest absolute Gasteiger partial charge is 0.218 e. The van der Waals surface area contributed by atoms with Gasteiger partial charge in [-0.3, -0.25) is 0 Å². The lowest BCUT2D eigenvalue weighted by Crippen LogP contribution is -2.07. The third kappa shape index (κ3) is 2.75. The number of anilines is 2. The van der Waals surface area contributed by atoms with Crippen LogP contribution in [0.2, 0.25) is 0 Å². The fourth-order valence-electron chi connectivity index (χ4n) is 1.64. The number of aromatic nitrogens is 3. The molecule has 2 rings (SSSR count). The molecule has 0 aliphatic heterocycles. The van der Waals surface area contributed by atoms with Gasteiger partial charge in [0.05, 0.1) is 0 Å². The molecule has 2 aromatic rings. The number of hydrogen-bond acceptors (Lipinski definition) is 4. The van der Waals surface area contributed by atoms with Gasteiger partial charge in [0.2, 0.25) is 5.95 Å². The van der Waals surface area contributed by atoms with Crippen LogP contribution in [0.5, 0.6) is 0 Å². The van der Waals surface area contributed by atoms with Crippen LogP contribution < -0.4 is 11.1 Å². The molecular formula is C12H17N5. The summed E-state index contributed by atoms with van der Waals surface area (Å²) in [5.41, 5.74) is 8.00. The number of rotatable bonds is 4. The topological polar surface area (TPSA) is 68.8 Å². The first-order valence-corrected chi connectivity index (χ1v) is 5.61. The summed E-state index contributed by atoms with van der Waals surface area (Å²) in [6.45, 7) is 2.88. The van der Waals surface area contributed by atoms with Crippen LogP contribution in [0.1, 0.15) is 11.4 Å². The van der Waals surface area contributed by atoms with E-state index in [9.17, 15) is 0 Å². The van der Waals surface area contributed by atoms with Crippen LogP contribution in [-0.4, -0.2) is 21.3 Å². The molecule has 1 heterocycles. The molecule has 0 aliphatic rings. The average molecular weight is 231 g/mol. The maximum Gasteiger partial charge on any atom is 0.218 e. The van der Waals surface area contributed by atoms with Crippen molar-refractivity contribution in [2.75, 3.05) is 17.6 Å². The van der Waals surface area contributed by atoms with Gasteiger partial charge >= 0.3 is 0 Å². The molecule has 0 saturated heterocycles. The molecule has 1 aromatic heterocycles. The number of benzene rings is 1. The molecule has 90 valence electrons. The Balaban J connectivity index is 1.90. The van der Waals surface area contributed by atoms with Gasteiger partial charge in [0.1, 0.15) is 0 Å². The summed E-state index contributed by atoms with van der Waals surface area (Å²) in [7, 11) is 1.79. The molecule has 0 bridgehead atoms. The van der Waals surface area contributed by atoms with Crippen LogP contribution in [0, 0.1) is 6.92 Å². The maximum atomic E-state index is 5.62. The molecule has 0 saturated carbocycles. The lowest BCUT2D eigenvalue weighted by molar-refractivity contribution is 0.750. The standard InChI is InChI=1S/C12H17N5/c1-9-5-3-4-6-10(9)14-8-7-11-15-12(13)17(2)16-11/h3-6,14H,7-8H2,1-2H3,(H2,13,15,16). The number of nitrogens with one attached hydrogen (secondary N) is 1. The highest BCUT2D eigenvalue weighted by Crippen LogP contribution is 2.12. The molecule has 5 nitrogen and oxygen atoms in total. The van der Waals surface area contributed by atoms with Crippen LogP contribution >= 0.6 is 0 Å². The third-order valence-electron chi connectivity index (χ3n) is 2.65. The van der Waals surface area contributed by atoms with Gasteiger partial charge in [0.15, 0.2) is 5.82 Å². The minimum atomic E-state index is 0.455. The van der Waals surface area contributed by atoms with E-state index in [1.54, 1.807) is 11.7 Å². The fraction of sp³-hybridized carbons (Fsp3) is 0.333. The van der Waals surface area contributed by atoms with E-state index in [4.69, 9.17) is 5.73 Å². The van der Waals surface area contributed by atoms with Crippen molar-refractivity contribution >= 4 is 11.6 Å². The largest absolute Gasteiger partial charge is 0.384 e. The summed E-state index contributed by atoms with van der Waals surface area (Å²) in [5, 5.41) is 7.56. The highest BCUT2D eigenvalue weighted by atomic mass is 15.4. The highest BCUT2D eigenvalue weighted by molar-refractivity contribution is 5.50. The van der Waals surface area contributed by atoms with Crippen molar-refractivity contribution < 1.29 is 0 Å². The van der Waals surface area contributed by atoms with Crippen LogP contribution in [0.25, 0.3) is 0 Å². The van der Waals surface area contributed by atoms with Crippen molar-refractivity contribution in [1.29, 1.82) is 0 Å². The van der Waals surface area contributed by atoms with Crippen LogP contribution in [0.15, 0.2) is 24.3 Å². The molecule has 0 amide bonds. The monoisotopic (exact) mass is 231 g/mol. The second-order valence-corrected chi connectivity index (χ2v) is 4.00. The van der Waals surface area contributed by atoms with Crippen molar-refractivity contribution in [3.63, 3.8) is 0 Å². The van der Waals surface area contributed by atoms with E-state index < -0.39 is 0 Å². The summed E-state index contributed by atoms with van der Waals surface area (Å²) in [5.74, 6) is 1.22. The molecule has 0 aliphatic carbocycles. The number of nitrogen functional groups attached to an aromatic ring is 1. The Labute approximate surface area is 101 Å². The van der Waals surface area contributed by atoms with Crippen molar-refractivity contribution in [2.45, 2.75) is 13.3 Å². The summed E-state index contributed by atoms with van der Waals surface area (Å²) in [4.78, 5) is 4.15. The maximum absolute atomic E-state index is 5.62. The van der Waals surface area contributed by atoms with Gasteiger partial charge in [0, 0.05) is 25.7 Å². The van der Waals surface area contributed by atoms with E-state index in [0.717, 1.165) is 24.5 Å². The third-order valence-corrected chi connectivity index (χ3v) is 2.65. The Hall–Kier alpha value is -2.04. The number of nitrogens with zero attached hydrogens (tertiary/aromatic N) is 3. The quantitative estimate of drug-likeness (QED) is 0.833. The number of hydrogen-bond donors (Lipinski definition) is 2. The average Bonchev–Trinajstić information content (AvgIpc) is 2.61. The molecule has 5 heteroatoms. The Bertz CT molecular complexity index is 484. The van der Waals surface area contributed by atoms with E-state index in [0.29, 0.717) is 5.95 Å². The number of para-hydroxylation sites is 1. The van der Waals surface area contributed by atoms with Gasteiger partial charge in [-0.15, -0.1) is 0 Å². The Morgan fingerprint density at radius 1 is 1.35 bits per heavy atom. The normalized spacial score (nSPS) is 10.5. The van der Waals surface area contributed by atoms with Crippen molar-refractivity contribution in [3.05, 3.63) is 35.7 Å². The Morgan fingerprint density at radius 3 is 2.76 bits per heavy atom. The van der Waals surface area contributed by atoms with E-state index in [2.05, 4.69) is 34.5 Å². The molecule has 0 radical (unpaired) electrons. The first kappa shape index (κ1) is 11.4. The molecule has 0 unspecified atom stereocenters. The zero-order chi connectivity index (χ0) is 12.3.